The molecule has 2 fully saturated rings. The third-order valence-corrected chi connectivity index (χ3v) is 6.50. The van der Waals surface area contributed by atoms with Crippen molar-refractivity contribution in [1.82, 2.24) is 0 Å². The van der Waals surface area contributed by atoms with Crippen LogP contribution in [0.3, 0.4) is 0 Å². The first-order valence-electron chi connectivity index (χ1n) is 11.4. The topological polar surface area (TPSA) is 51.4 Å². The Morgan fingerprint density at radius 3 is 2.28 bits per heavy atom. The molecule has 1 aliphatic carbocycles. The van der Waals surface area contributed by atoms with E-state index < -0.39 is 0 Å². The monoisotopic (exact) mass is 606 g/mol. The van der Waals surface area contributed by atoms with Crippen molar-refractivity contribution in [3.05, 3.63) is 77.3 Å². The van der Waals surface area contributed by atoms with Gasteiger partial charge in [-0.2, -0.15) is 0 Å². The molecular formula is C28H31IrNO2-2. The van der Waals surface area contributed by atoms with Gasteiger partial charge >= 0.3 is 0 Å². The molecule has 1 radical (unpaired) electrons. The van der Waals surface area contributed by atoms with Gasteiger partial charge < -0.3 is 10.4 Å². The molecule has 1 aliphatic heterocycles. The largest absolute Gasteiger partial charge is 0.654 e. The number of aliphatic hydroxyl groups is 1. The van der Waals surface area contributed by atoms with Crippen LogP contribution in [0.4, 0.5) is 0 Å². The Labute approximate surface area is 204 Å². The van der Waals surface area contributed by atoms with Crippen LogP contribution in [0.25, 0.3) is 26.9 Å². The number of carbonyl (C=O) groups is 1. The fourth-order valence-electron chi connectivity index (χ4n) is 5.17. The number of carbonyl (C=O) groups excluding carboxylic acids is 1. The van der Waals surface area contributed by atoms with E-state index in [1.165, 1.54) is 85.6 Å². The van der Waals surface area contributed by atoms with Crippen LogP contribution in [0.2, 0.25) is 0 Å². The van der Waals surface area contributed by atoms with Gasteiger partial charge in [0.25, 0.3) is 0 Å². The molecule has 1 N–H and O–H groups in total. The molecule has 5 rings (SSSR count). The molecule has 1 saturated carbocycles. The molecule has 3 atom stereocenters. The van der Waals surface area contributed by atoms with Gasteiger partial charge in [0, 0.05) is 26.2 Å². The Morgan fingerprint density at radius 2 is 1.59 bits per heavy atom. The molecule has 3 aromatic rings. The Kier molecular flexibility index (Phi) is 8.64. The average molecular weight is 606 g/mol. The maximum Gasteiger partial charge on any atom is 0.155 e. The summed E-state index contributed by atoms with van der Waals surface area (Å²) < 4.78 is 0. The van der Waals surface area contributed by atoms with E-state index in [1.54, 1.807) is 0 Å². The van der Waals surface area contributed by atoms with Crippen molar-refractivity contribution in [2.75, 3.05) is 0 Å². The summed E-state index contributed by atoms with van der Waals surface area (Å²) in [6.45, 7) is 2.85. The average Bonchev–Trinajstić information content (AvgIpc) is 2.78. The maximum absolute atomic E-state index is 10.0. The molecule has 0 aromatic heterocycles. The first-order valence-corrected chi connectivity index (χ1v) is 11.4. The van der Waals surface area contributed by atoms with Gasteiger partial charge in [0.1, 0.15) is 0 Å². The smallest absolute Gasteiger partial charge is 0.155 e. The van der Waals surface area contributed by atoms with Gasteiger partial charge in [0.2, 0.25) is 0 Å². The van der Waals surface area contributed by atoms with E-state index >= 15 is 0 Å². The van der Waals surface area contributed by atoms with E-state index in [1.807, 2.05) is 0 Å². The number of allylic oxidation sites excluding steroid dienone is 2. The predicted molar refractivity (Wildman–Crippen MR) is 128 cm³/mol. The molecule has 3 nitrogen and oxygen atoms in total. The summed E-state index contributed by atoms with van der Waals surface area (Å²) in [4.78, 5) is 10.0. The SMILES string of the molecule is CC(=O)/C=C(/C)O.[Ir].[c-]1c(C2CCC3CCCCC3[N-]2)c2ccccc2c2ccccc12. The summed E-state index contributed by atoms with van der Waals surface area (Å²) in [7, 11) is 0. The molecule has 0 spiro atoms. The quantitative estimate of drug-likeness (QED) is 0.142. The molecule has 171 valence electrons. The van der Waals surface area contributed by atoms with Gasteiger partial charge in [0.15, 0.2) is 5.78 Å². The van der Waals surface area contributed by atoms with Crippen molar-refractivity contribution in [3.8, 4) is 0 Å². The van der Waals surface area contributed by atoms with Gasteiger partial charge in [-0.25, -0.2) is 0 Å². The Morgan fingerprint density at radius 1 is 0.938 bits per heavy atom. The van der Waals surface area contributed by atoms with Crippen LogP contribution < -0.4 is 0 Å². The summed E-state index contributed by atoms with van der Waals surface area (Å²) in [6, 6.07) is 22.1. The van der Waals surface area contributed by atoms with Crippen LogP contribution in [0, 0.1) is 12.0 Å². The summed E-state index contributed by atoms with van der Waals surface area (Å²) in [5.41, 5.74) is 1.33. The second-order valence-corrected chi connectivity index (χ2v) is 8.88. The Bertz CT molecular complexity index is 1100. The third kappa shape index (κ3) is 5.67. The number of fused-ring (bicyclic) bond motifs is 4. The summed E-state index contributed by atoms with van der Waals surface area (Å²) >= 11 is 0. The van der Waals surface area contributed by atoms with Crippen molar-refractivity contribution in [1.29, 1.82) is 0 Å². The molecule has 4 heteroatoms. The van der Waals surface area contributed by atoms with Gasteiger partial charge in [-0.3, -0.25) is 4.79 Å². The summed E-state index contributed by atoms with van der Waals surface area (Å²) in [5, 5.41) is 18.9. The molecule has 0 amide bonds. The Balaban J connectivity index is 0.000000318. The molecule has 1 heterocycles. The molecule has 3 aromatic carbocycles. The first-order chi connectivity index (χ1) is 15.0. The number of aliphatic hydroxyl groups excluding tert-OH is 1. The minimum atomic E-state index is -0.125. The van der Waals surface area contributed by atoms with Crippen LogP contribution in [-0.2, 0) is 24.9 Å². The van der Waals surface area contributed by atoms with E-state index in [0.717, 1.165) is 5.92 Å². The fourth-order valence-corrected chi connectivity index (χ4v) is 5.17. The predicted octanol–water partition coefficient (Wildman–Crippen LogP) is 7.60. The van der Waals surface area contributed by atoms with Crippen LogP contribution >= 0.6 is 0 Å². The van der Waals surface area contributed by atoms with Crippen molar-refractivity contribution in [2.45, 2.75) is 64.5 Å². The van der Waals surface area contributed by atoms with Crippen LogP contribution in [0.15, 0.2) is 60.4 Å². The molecule has 1 saturated heterocycles. The second-order valence-electron chi connectivity index (χ2n) is 8.88. The summed E-state index contributed by atoms with van der Waals surface area (Å²) in [5.74, 6) is 0.786. The minimum absolute atomic E-state index is 0. The van der Waals surface area contributed by atoms with E-state index in [4.69, 9.17) is 10.4 Å². The van der Waals surface area contributed by atoms with Gasteiger partial charge in [-0.15, -0.1) is 46.6 Å². The van der Waals surface area contributed by atoms with Crippen molar-refractivity contribution < 1.29 is 30.0 Å². The van der Waals surface area contributed by atoms with Crippen molar-refractivity contribution in [2.24, 2.45) is 5.92 Å². The van der Waals surface area contributed by atoms with E-state index in [-0.39, 0.29) is 31.6 Å². The number of nitrogens with zero attached hydrogens (tertiary/aromatic N) is 1. The number of rotatable bonds is 2. The molecule has 0 bridgehead atoms. The van der Waals surface area contributed by atoms with Crippen LogP contribution in [0.5, 0.6) is 0 Å². The molecular weight excluding hydrogens is 575 g/mol. The summed E-state index contributed by atoms with van der Waals surface area (Å²) in [6.07, 6.45) is 9.16. The number of ketones is 1. The van der Waals surface area contributed by atoms with Gasteiger partial charge in [-0.1, -0.05) is 91.6 Å². The zero-order chi connectivity index (χ0) is 21.8. The third-order valence-electron chi connectivity index (χ3n) is 6.50. The molecule has 32 heavy (non-hydrogen) atoms. The van der Waals surface area contributed by atoms with Gasteiger partial charge in [0.05, 0.1) is 5.76 Å². The van der Waals surface area contributed by atoms with Crippen LogP contribution in [-0.4, -0.2) is 16.9 Å². The minimum Gasteiger partial charge on any atom is -0.654 e. The van der Waals surface area contributed by atoms with Gasteiger partial charge in [-0.05, 0) is 13.8 Å². The zero-order valence-corrected chi connectivity index (χ0v) is 21.2. The standard InChI is InChI=1S/C23H23N.C5H8O2.Ir/c1-3-9-18-17(8-1)15-21(20-11-5-4-10-19(18)20)23-14-13-16-7-2-6-12-22(16)24-23;1-4(6)3-5(2)7;/h1,3-5,8-11,16,22-23H,2,6-7,12-14H2;3,6H,1-2H3;/q-2;;/b;4-3-;. The van der Waals surface area contributed by atoms with Crippen molar-refractivity contribution in [3.63, 3.8) is 0 Å². The van der Waals surface area contributed by atoms with E-state index in [9.17, 15) is 4.79 Å². The van der Waals surface area contributed by atoms with Crippen molar-refractivity contribution >= 4 is 27.3 Å². The normalized spacial score (nSPS) is 22.9. The van der Waals surface area contributed by atoms with E-state index in [2.05, 4.69) is 54.6 Å². The van der Waals surface area contributed by atoms with Crippen LogP contribution in [0.1, 0.15) is 64.0 Å². The van der Waals surface area contributed by atoms with E-state index in [0.29, 0.717) is 12.1 Å². The Hall–Kier alpha value is -2.00. The zero-order valence-electron chi connectivity index (χ0n) is 18.8. The number of piperidine rings is 1. The number of benzene rings is 3. The molecule has 3 unspecified atom stereocenters. The first kappa shape index (κ1) is 24.6. The number of hydrogen-bond acceptors (Lipinski definition) is 2. The fraction of sp³-hybridized carbons (Fsp3) is 0.393. The molecule has 2 aliphatic rings. The number of hydrogen-bond donors (Lipinski definition) is 1. The maximum atomic E-state index is 10.0. The second kappa shape index (κ2) is 11.2.